The molecule has 222 valence electrons. The maximum atomic E-state index is 14.3. The maximum Gasteiger partial charge on any atom is 0.273 e. The van der Waals surface area contributed by atoms with E-state index in [1.165, 1.54) is 17.8 Å². The number of hydrogen-bond acceptors (Lipinski definition) is 7. The number of hydrogen-bond donors (Lipinski definition) is 0. The molecule has 0 N–H and O–H groups in total. The van der Waals surface area contributed by atoms with Crippen molar-refractivity contribution in [3.8, 4) is 17.4 Å². The average molecular weight is 603 g/mol. The Morgan fingerprint density at radius 1 is 0.886 bits per heavy atom. The average Bonchev–Trinajstić information content (AvgIpc) is 3.65. The number of rotatable bonds is 5. The SMILES string of the molecule is Cc1nn(-c2ccccc2)c(N2CCCCC2)c1C=c1sc(=C(C#N)c2nnc3n2CCCCC3)n(-c2ccccc2)c1=O. The third-order valence-electron chi connectivity index (χ3n) is 8.51. The molecule has 0 saturated carbocycles. The summed E-state index contributed by atoms with van der Waals surface area (Å²) in [4.78, 5) is 16.7. The number of nitriles is 1. The number of fused-ring (bicyclic) bond motifs is 1. The molecular weight excluding hydrogens is 568 g/mol. The Balaban J connectivity index is 1.50. The van der Waals surface area contributed by atoms with Gasteiger partial charge in [0.05, 0.1) is 21.6 Å². The van der Waals surface area contributed by atoms with Crippen molar-refractivity contribution < 1.29 is 0 Å². The first-order valence-electron chi connectivity index (χ1n) is 15.4. The van der Waals surface area contributed by atoms with Crippen molar-refractivity contribution in [3.05, 3.63) is 103 Å². The van der Waals surface area contributed by atoms with Gasteiger partial charge in [0.1, 0.15) is 27.9 Å². The van der Waals surface area contributed by atoms with Gasteiger partial charge in [-0.05, 0) is 69.4 Å². The Kier molecular flexibility index (Phi) is 7.71. The molecule has 1 saturated heterocycles. The molecule has 2 aliphatic heterocycles. The summed E-state index contributed by atoms with van der Waals surface area (Å²) >= 11 is 1.33. The van der Waals surface area contributed by atoms with Crippen molar-refractivity contribution in [2.45, 2.75) is 58.4 Å². The van der Waals surface area contributed by atoms with Gasteiger partial charge in [0.25, 0.3) is 5.56 Å². The summed E-state index contributed by atoms with van der Waals surface area (Å²) in [5.74, 6) is 2.43. The lowest BCUT2D eigenvalue weighted by Gasteiger charge is -2.29. The Morgan fingerprint density at radius 2 is 1.57 bits per heavy atom. The molecule has 5 aromatic rings. The number of aryl methyl sites for hydroxylation is 2. The normalized spacial score (nSPS) is 16.4. The second-order valence-electron chi connectivity index (χ2n) is 11.4. The second kappa shape index (κ2) is 12.1. The molecule has 0 atom stereocenters. The molecule has 0 radical (unpaired) electrons. The first-order valence-corrected chi connectivity index (χ1v) is 16.2. The molecule has 0 spiro atoms. The Labute approximate surface area is 259 Å². The zero-order chi connectivity index (χ0) is 30.0. The fraction of sp³-hybridized carbons (Fsp3) is 0.324. The fourth-order valence-electron chi connectivity index (χ4n) is 6.31. The lowest BCUT2D eigenvalue weighted by Crippen LogP contribution is -2.32. The summed E-state index contributed by atoms with van der Waals surface area (Å²) in [7, 11) is 0. The number of nitrogens with zero attached hydrogens (tertiary/aromatic N) is 8. The minimum Gasteiger partial charge on any atom is -0.356 e. The van der Waals surface area contributed by atoms with Crippen LogP contribution in [0.3, 0.4) is 0 Å². The molecule has 0 aliphatic carbocycles. The van der Waals surface area contributed by atoms with E-state index in [-0.39, 0.29) is 5.56 Å². The largest absolute Gasteiger partial charge is 0.356 e. The molecule has 9 nitrogen and oxygen atoms in total. The van der Waals surface area contributed by atoms with Crippen molar-refractivity contribution in [1.29, 1.82) is 5.26 Å². The molecule has 5 heterocycles. The van der Waals surface area contributed by atoms with Gasteiger partial charge in [-0.3, -0.25) is 9.36 Å². The lowest BCUT2D eigenvalue weighted by molar-refractivity contribution is 0.567. The third-order valence-corrected chi connectivity index (χ3v) is 9.60. The molecule has 0 amide bonds. The van der Waals surface area contributed by atoms with E-state index in [0.717, 1.165) is 86.7 Å². The van der Waals surface area contributed by atoms with Gasteiger partial charge in [-0.25, -0.2) is 4.68 Å². The molecule has 7 rings (SSSR count). The van der Waals surface area contributed by atoms with Gasteiger partial charge in [-0.15, -0.1) is 21.5 Å². The summed E-state index contributed by atoms with van der Waals surface area (Å²) in [5, 5.41) is 24.5. The van der Waals surface area contributed by atoms with Gasteiger partial charge in [0, 0.05) is 31.6 Å². The molecule has 2 aromatic carbocycles. The van der Waals surface area contributed by atoms with Crippen molar-refractivity contribution >= 4 is 28.8 Å². The van der Waals surface area contributed by atoms with Crippen LogP contribution in [-0.2, 0) is 13.0 Å². The molecule has 0 bridgehead atoms. The van der Waals surface area contributed by atoms with Gasteiger partial charge in [-0.1, -0.05) is 42.8 Å². The highest BCUT2D eigenvalue weighted by atomic mass is 32.1. The molecule has 10 heteroatoms. The highest BCUT2D eigenvalue weighted by Crippen LogP contribution is 2.30. The van der Waals surface area contributed by atoms with Crippen LogP contribution in [0.2, 0.25) is 0 Å². The molecule has 3 aromatic heterocycles. The highest BCUT2D eigenvalue weighted by Gasteiger charge is 2.24. The Morgan fingerprint density at radius 3 is 2.30 bits per heavy atom. The number of anilines is 1. The van der Waals surface area contributed by atoms with Gasteiger partial charge < -0.3 is 9.47 Å². The first kappa shape index (κ1) is 28.0. The monoisotopic (exact) mass is 602 g/mol. The summed E-state index contributed by atoms with van der Waals surface area (Å²) in [6.45, 7) is 4.64. The molecule has 2 aliphatic rings. The van der Waals surface area contributed by atoms with Crippen LogP contribution in [0.25, 0.3) is 23.0 Å². The topological polar surface area (TPSA) is 97.6 Å². The number of aromatic nitrogens is 6. The van der Waals surface area contributed by atoms with E-state index in [0.29, 0.717) is 26.3 Å². The summed E-state index contributed by atoms with van der Waals surface area (Å²) in [5.41, 5.74) is 3.66. The number of piperidine rings is 1. The van der Waals surface area contributed by atoms with Crippen LogP contribution >= 0.6 is 11.3 Å². The van der Waals surface area contributed by atoms with E-state index >= 15 is 0 Å². The van der Waals surface area contributed by atoms with Crippen LogP contribution in [0.4, 0.5) is 5.82 Å². The zero-order valence-electron chi connectivity index (χ0n) is 24.8. The molecule has 1 fully saturated rings. The predicted octanol–water partition coefficient (Wildman–Crippen LogP) is 4.25. The molecule has 0 unspecified atom stereocenters. The molecular formula is C34H34N8OS. The third kappa shape index (κ3) is 5.07. The van der Waals surface area contributed by atoms with Crippen LogP contribution in [0, 0.1) is 18.3 Å². The Hall–Kier alpha value is -4.75. The second-order valence-corrected chi connectivity index (χ2v) is 12.4. The minimum atomic E-state index is -0.170. The van der Waals surface area contributed by atoms with Crippen molar-refractivity contribution in [1.82, 2.24) is 29.1 Å². The zero-order valence-corrected chi connectivity index (χ0v) is 25.6. The smallest absolute Gasteiger partial charge is 0.273 e. The summed E-state index contributed by atoms with van der Waals surface area (Å²) in [6.07, 6.45) is 9.44. The first-order chi connectivity index (χ1) is 21.6. The van der Waals surface area contributed by atoms with E-state index < -0.39 is 0 Å². The van der Waals surface area contributed by atoms with Crippen molar-refractivity contribution in [2.24, 2.45) is 0 Å². The standard InChI is InChI=1S/C34H34N8OS/c1-24-27(32(39-19-11-5-12-20-39)42(38-24)26-16-8-3-9-17-26)22-29-33(43)41(25-14-6-2-7-15-25)34(44-29)28(23-35)31-37-36-30-18-10-4-13-21-40(30)31/h2-3,6-9,14-17,22H,4-5,10-13,18-21H2,1H3. The van der Waals surface area contributed by atoms with Crippen molar-refractivity contribution in [3.63, 3.8) is 0 Å². The quantitative estimate of drug-likeness (QED) is 0.298. The highest BCUT2D eigenvalue weighted by molar-refractivity contribution is 7.07. The van der Waals surface area contributed by atoms with E-state index in [1.54, 1.807) is 4.57 Å². The van der Waals surface area contributed by atoms with Gasteiger partial charge in [-0.2, -0.15) is 10.4 Å². The van der Waals surface area contributed by atoms with Gasteiger partial charge >= 0.3 is 0 Å². The van der Waals surface area contributed by atoms with Gasteiger partial charge in [0.2, 0.25) is 0 Å². The van der Waals surface area contributed by atoms with Crippen LogP contribution in [0.15, 0.2) is 65.5 Å². The lowest BCUT2D eigenvalue weighted by atomic mass is 10.1. The van der Waals surface area contributed by atoms with Crippen LogP contribution in [-0.4, -0.2) is 42.2 Å². The van der Waals surface area contributed by atoms with E-state index in [2.05, 4.69) is 37.9 Å². The minimum absolute atomic E-state index is 0.170. The molecule has 44 heavy (non-hydrogen) atoms. The van der Waals surface area contributed by atoms with E-state index in [9.17, 15) is 10.1 Å². The predicted molar refractivity (Wildman–Crippen MR) is 173 cm³/mol. The maximum absolute atomic E-state index is 14.3. The number of thiazole rings is 1. The van der Waals surface area contributed by atoms with E-state index in [1.807, 2.05) is 66.2 Å². The van der Waals surface area contributed by atoms with Crippen LogP contribution < -0.4 is 19.7 Å². The number of benzene rings is 2. The van der Waals surface area contributed by atoms with Crippen molar-refractivity contribution in [2.75, 3.05) is 18.0 Å². The van der Waals surface area contributed by atoms with Crippen LogP contribution in [0.5, 0.6) is 0 Å². The Bertz CT molecular complexity index is 2020. The fourth-order valence-corrected chi connectivity index (χ4v) is 7.39. The van der Waals surface area contributed by atoms with Gasteiger partial charge in [0.15, 0.2) is 5.82 Å². The van der Waals surface area contributed by atoms with Crippen LogP contribution in [0.1, 0.15) is 61.4 Å². The number of para-hydroxylation sites is 2. The summed E-state index contributed by atoms with van der Waals surface area (Å²) < 4.78 is 6.83. The van der Waals surface area contributed by atoms with E-state index in [4.69, 9.17) is 5.10 Å². The summed E-state index contributed by atoms with van der Waals surface area (Å²) in [6, 6.07) is 22.1.